The van der Waals surface area contributed by atoms with Gasteiger partial charge in [-0.3, -0.25) is 4.98 Å². The number of halogens is 5. The lowest BCUT2D eigenvalue weighted by molar-refractivity contribution is -0.289. The number of benzene rings is 2. The van der Waals surface area contributed by atoms with Gasteiger partial charge in [0.1, 0.15) is 11.9 Å². The van der Waals surface area contributed by atoms with Gasteiger partial charge in [0.2, 0.25) is 0 Å². The maximum absolute atomic E-state index is 13.6. The monoisotopic (exact) mass is 421 g/mol. The van der Waals surface area contributed by atoms with E-state index in [1.54, 1.807) is 6.20 Å². The van der Waals surface area contributed by atoms with Gasteiger partial charge < -0.3 is 9.64 Å². The molecule has 2 heterocycles. The first kappa shape index (κ1) is 20.4. The van der Waals surface area contributed by atoms with Crippen LogP contribution in [0.1, 0.15) is 18.4 Å². The largest absolute Gasteiger partial charge is 0.490 e. The Hall–Kier alpha value is -2.90. The zero-order chi connectivity index (χ0) is 21.4. The molecule has 0 aliphatic carbocycles. The van der Waals surface area contributed by atoms with Crippen LogP contribution in [0.2, 0.25) is 0 Å². The molecule has 0 saturated carbocycles. The number of rotatable bonds is 4. The molecule has 3 nitrogen and oxygen atoms in total. The fourth-order valence-electron chi connectivity index (χ4n) is 3.61. The summed E-state index contributed by atoms with van der Waals surface area (Å²) in [4.78, 5) is 6.50. The minimum atomic E-state index is -5.65. The van der Waals surface area contributed by atoms with Gasteiger partial charge in [0, 0.05) is 48.8 Å². The number of hydrogen-bond donors (Lipinski definition) is 0. The molecule has 1 saturated heterocycles. The van der Waals surface area contributed by atoms with E-state index in [2.05, 4.69) is 16.0 Å². The average molecular weight is 421 g/mol. The predicted molar refractivity (Wildman–Crippen MR) is 103 cm³/mol. The number of ether oxygens (including phenoxy) is 1. The van der Waals surface area contributed by atoms with Gasteiger partial charge in [0.15, 0.2) is 0 Å². The van der Waals surface area contributed by atoms with Crippen LogP contribution in [-0.4, -0.2) is 30.4 Å². The summed E-state index contributed by atoms with van der Waals surface area (Å²) in [5.74, 6) is -4.91. The van der Waals surface area contributed by atoms with Crippen molar-refractivity contribution in [1.29, 1.82) is 0 Å². The van der Waals surface area contributed by atoms with Crippen molar-refractivity contribution in [3.05, 3.63) is 66.4 Å². The number of alkyl halides is 5. The number of pyridine rings is 1. The van der Waals surface area contributed by atoms with Gasteiger partial charge in [0.05, 0.1) is 5.52 Å². The van der Waals surface area contributed by atoms with E-state index in [0.29, 0.717) is 25.9 Å². The van der Waals surface area contributed by atoms with Crippen molar-refractivity contribution in [2.45, 2.75) is 31.0 Å². The molecular formula is C22H18F5N2O. The molecule has 1 radical (unpaired) electrons. The number of piperidine rings is 1. The standard InChI is InChI=1S/C22H18F5N2O/c23-21(24,22(25,26)27)15-4-3-5-17(14-15)30-16-9-12-29(13-10-16)20-8-11-28-19-7-2-1-6-18(19)20/h1-5,7-8,11,14,16H,9-10,12-13H2. The van der Waals surface area contributed by atoms with E-state index in [9.17, 15) is 22.0 Å². The number of nitrogens with zero attached hydrogens (tertiary/aromatic N) is 2. The Morgan fingerprint density at radius 2 is 1.77 bits per heavy atom. The van der Waals surface area contributed by atoms with Crippen molar-refractivity contribution in [3.8, 4) is 5.75 Å². The average Bonchev–Trinajstić information content (AvgIpc) is 2.73. The lowest BCUT2D eigenvalue weighted by Crippen LogP contribution is -2.38. The molecule has 0 unspecified atom stereocenters. The van der Waals surface area contributed by atoms with Crippen molar-refractivity contribution < 1.29 is 26.7 Å². The van der Waals surface area contributed by atoms with E-state index in [4.69, 9.17) is 4.74 Å². The van der Waals surface area contributed by atoms with E-state index in [1.165, 1.54) is 6.07 Å². The van der Waals surface area contributed by atoms with E-state index >= 15 is 0 Å². The highest BCUT2D eigenvalue weighted by Crippen LogP contribution is 2.44. The highest BCUT2D eigenvalue weighted by atomic mass is 19.4. The van der Waals surface area contributed by atoms with Crippen LogP contribution in [-0.2, 0) is 5.92 Å². The molecule has 1 aliphatic rings. The Balaban J connectivity index is 1.44. The second-order valence-corrected chi connectivity index (χ2v) is 7.16. The molecule has 1 fully saturated rings. The Morgan fingerprint density at radius 3 is 2.50 bits per heavy atom. The summed E-state index contributed by atoms with van der Waals surface area (Å²) in [5.41, 5.74) is 0.727. The Bertz CT molecular complexity index is 1020. The van der Waals surface area contributed by atoms with Gasteiger partial charge in [-0.25, -0.2) is 0 Å². The maximum atomic E-state index is 13.6. The topological polar surface area (TPSA) is 25.4 Å². The van der Waals surface area contributed by atoms with Crippen LogP contribution in [0.5, 0.6) is 5.75 Å². The summed E-state index contributed by atoms with van der Waals surface area (Å²) in [6.07, 6.45) is -2.97. The minimum Gasteiger partial charge on any atom is -0.490 e. The summed E-state index contributed by atoms with van der Waals surface area (Å²) in [6, 6.07) is 14.8. The zero-order valence-electron chi connectivity index (χ0n) is 15.8. The molecule has 8 heteroatoms. The number of anilines is 1. The smallest absolute Gasteiger partial charge is 0.458 e. The molecule has 1 aromatic heterocycles. The van der Waals surface area contributed by atoms with Gasteiger partial charge in [-0.1, -0.05) is 24.3 Å². The Kier molecular flexibility index (Phi) is 5.26. The van der Waals surface area contributed by atoms with Crippen molar-refractivity contribution in [3.63, 3.8) is 0 Å². The van der Waals surface area contributed by atoms with E-state index in [1.807, 2.05) is 24.3 Å². The fraction of sp³-hybridized carbons (Fsp3) is 0.318. The summed E-state index contributed by atoms with van der Waals surface area (Å²) in [5, 5.41) is 0.918. The highest BCUT2D eigenvalue weighted by Gasteiger charge is 2.58. The fourth-order valence-corrected chi connectivity index (χ4v) is 3.61. The van der Waals surface area contributed by atoms with Crippen LogP contribution in [0, 0.1) is 6.07 Å². The van der Waals surface area contributed by atoms with Gasteiger partial charge in [0.25, 0.3) is 0 Å². The number of aromatic nitrogens is 1. The molecule has 0 spiro atoms. The Morgan fingerprint density at radius 1 is 1.00 bits per heavy atom. The molecule has 3 aromatic rings. The SMILES string of the molecule is FC(F)(F)C(F)(F)c1cccc(OC2CCN(c3ccnc4ccc[c]c34)CC2)c1. The van der Waals surface area contributed by atoms with Crippen molar-refractivity contribution in [1.82, 2.24) is 4.98 Å². The van der Waals surface area contributed by atoms with E-state index < -0.39 is 17.7 Å². The van der Waals surface area contributed by atoms with Gasteiger partial charge in [-0.15, -0.1) is 0 Å². The van der Waals surface area contributed by atoms with E-state index in [-0.39, 0.29) is 11.9 Å². The summed E-state index contributed by atoms with van der Waals surface area (Å²) >= 11 is 0. The third-order valence-electron chi connectivity index (χ3n) is 5.17. The zero-order valence-corrected chi connectivity index (χ0v) is 15.8. The van der Waals surface area contributed by atoms with Gasteiger partial charge in [-0.05, 0) is 30.3 Å². The summed E-state index contributed by atoms with van der Waals surface area (Å²) in [6.45, 7) is 1.32. The quantitative estimate of drug-likeness (QED) is 0.503. The van der Waals surface area contributed by atoms with Crippen LogP contribution in [0.4, 0.5) is 27.6 Å². The first-order valence-electron chi connectivity index (χ1n) is 9.48. The molecule has 0 atom stereocenters. The third kappa shape index (κ3) is 3.91. The van der Waals surface area contributed by atoms with Gasteiger partial charge >= 0.3 is 12.1 Å². The Labute approximate surface area is 170 Å². The summed E-state index contributed by atoms with van der Waals surface area (Å²) in [7, 11) is 0. The van der Waals surface area contributed by atoms with Crippen LogP contribution in [0.25, 0.3) is 10.9 Å². The lowest BCUT2D eigenvalue weighted by Gasteiger charge is -2.34. The van der Waals surface area contributed by atoms with Crippen LogP contribution >= 0.6 is 0 Å². The number of fused-ring (bicyclic) bond motifs is 1. The van der Waals surface area contributed by atoms with Crippen LogP contribution in [0.3, 0.4) is 0 Å². The minimum absolute atomic E-state index is 0.0116. The maximum Gasteiger partial charge on any atom is 0.458 e. The van der Waals surface area contributed by atoms with Crippen LogP contribution in [0.15, 0.2) is 54.7 Å². The van der Waals surface area contributed by atoms with Gasteiger partial charge in [-0.2, -0.15) is 22.0 Å². The molecule has 0 amide bonds. The van der Waals surface area contributed by atoms with Crippen molar-refractivity contribution in [2.75, 3.05) is 18.0 Å². The number of hydrogen-bond acceptors (Lipinski definition) is 3. The third-order valence-corrected chi connectivity index (χ3v) is 5.17. The van der Waals surface area contributed by atoms with E-state index in [0.717, 1.165) is 34.8 Å². The van der Waals surface area contributed by atoms with Crippen molar-refractivity contribution in [2.24, 2.45) is 0 Å². The molecule has 2 aromatic carbocycles. The first-order valence-corrected chi connectivity index (χ1v) is 9.48. The van der Waals surface area contributed by atoms with Crippen molar-refractivity contribution >= 4 is 16.6 Å². The second kappa shape index (κ2) is 7.74. The molecule has 0 bridgehead atoms. The normalized spacial score (nSPS) is 16.1. The molecule has 0 N–H and O–H groups in total. The molecular weight excluding hydrogens is 403 g/mol. The molecule has 30 heavy (non-hydrogen) atoms. The molecule has 157 valence electrons. The molecule has 1 aliphatic heterocycles. The first-order chi connectivity index (χ1) is 14.3. The summed E-state index contributed by atoms with van der Waals surface area (Å²) < 4.78 is 70.8. The van der Waals surface area contributed by atoms with Crippen LogP contribution < -0.4 is 9.64 Å². The lowest BCUT2D eigenvalue weighted by atomic mass is 10.0. The molecule has 4 rings (SSSR count). The predicted octanol–water partition coefficient (Wildman–Crippen LogP) is 5.74. The highest BCUT2D eigenvalue weighted by molar-refractivity contribution is 5.90. The second-order valence-electron chi connectivity index (χ2n) is 7.16.